The van der Waals surface area contributed by atoms with Crippen molar-refractivity contribution in [3.05, 3.63) is 60.8 Å². The summed E-state index contributed by atoms with van der Waals surface area (Å²) in [5, 5.41) is 3.02. The highest BCUT2D eigenvalue weighted by Crippen LogP contribution is 2.38. The van der Waals surface area contributed by atoms with Crippen molar-refractivity contribution in [1.29, 1.82) is 0 Å². The quantitative estimate of drug-likeness (QED) is 0.0212. The summed E-state index contributed by atoms with van der Waals surface area (Å²) < 4.78 is 30.3. The van der Waals surface area contributed by atoms with E-state index in [1.807, 2.05) is 33.3 Å². The van der Waals surface area contributed by atoms with Crippen LogP contribution in [0.25, 0.3) is 0 Å². The maximum atomic E-state index is 13.5. The zero-order valence-electron chi connectivity index (χ0n) is 47.9. The molecule has 420 valence electrons. The van der Waals surface area contributed by atoms with Crippen LogP contribution < -0.4 is 10.2 Å². The Kier molecular flexibility index (Phi) is 50.5. The minimum Gasteiger partial charge on any atom is -0.756 e. The Hall–Kier alpha value is -2.29. The second-order valence-electron chi connectivity index (χ2n) is 21.5. The van der Waals surface area contributed by atoms with Crippen LogP contribution in [0.3, 0.4) is 0 Å². The van der Waals surface area contributed by atoms with E-state index in [2.05, 4.69) is 74.7 Å². The monoisotopic (exact) mass is 1030 g/mol. The molecule has 0 radical (unpaired) electrons. The van der Waals surface area contributed by atoms with Crippen molar-refractivity contribution < 1.29 is 37.3 Å². The molecule has 0 saturated carbocycles. The van der Waals surface area contributed by atoms with Crippen LogP contribution in [0.5, 0.6) is 0 Å². The summed E-state index contributed by atoms with van der Waals surface area (Å²) in [6.07, 6.45) is 64.6. The molecule has 0 aromatic carbocycles. The molecule has 0 rings (SSSR count). The first-order valence-electron chi connectivity index (χ1n) is 30.1. The van der Waals surface area contributed by atoms with E-state index in [1.54, 1.807) is 0 Å². The van der Waals surface area contributed by atoms with E-state index in [0.717, 1.165) is 96.3 Å². The van der Waals surface area contributed by atoms with Gasteiger partial charge in [-0.1, -0.05) is 242 Å². The molecule has 0 aliphatic rings. The number of hydrogen-bond acceptors (Lipinski definition) is 7. The Morgan fingerprint density at radius 2 is 0.847 bits per heavy atom. The first kappa shape index (κ1) is 69.7. The molecule has 0 aliphatic carbocycles. The number of amides is 1. The van der Waals surface area contributed by atoms with E-state index < -0.39 is 26.6 Å². The highest BCUT2D eigenvalue weighted by atomic mass is 31.2. The van der Waals surface area contributed by atoms with Gasteiger partial charge in [-0.2, -0.15) is 0 Å². The van der Waals surface area contributed by atoms with Crippen molar-refractivity contribution >= 4 is 19.7 Å². The molecule has 3 atom stereocenters. The minimum atomic E-state index is -4.70. The number of quaternary nitrogens is 1. The number of phosphoric acid groups is 1. The summed E-state index contributed by atoms with van der Waals surface area (Å²) in [4.78, 5) is 39.9. The zero-order chi connectivity index (χ0) is 52.9. The van der Waals surface area contributed by atoms with Gasteiger partial charge in [-0.05, 0) is 76.7 Å². The van der Waals surface area contributed by atoms with Gasteiger partial charge in [0.1, 0.15) is 19.3 Å². The third kappa shape index (κ3) is 52.6. The summed E-state index contributed by atoms with van der Waals surface area (Å²) in [5.74, 6) is -0.557. The summed E-state index contributed by atoms with van der Waals surface area (Å²) in [6.45, 7) is 6.80. The van der Waals surface area contributed by atoms with Crippen LogP contribution in [0.2, 0.25) is 0 Å². The lowest BCUT2D eigenvalue weighted by atomic mass is 10.0. The number of nitrogens with one attached hydrogen (secondary N) is 1. The average molecular weight is 1030 g/mol. The Labute approximate surface area is 445 Å². The Morgan fingerprint density at radius 1 is 0.486 bits per heavy atom. The Bertz CT molecular complexity index is 1420. The maximum absolute atomic E-state index is 13.5. The zero-order valence-corrected chi connectivity index (χ0v) is 48.8. The van der Waals surface area contributed by atoms with Crippen molar-refractivity contribution in [2.24, 2.45) is 0 Å². The van der Waals surface area contributed by atoms with Crippen molar-refractivity contribution in [3.8, 4) is 0 Å². The summed E-state index contributed by atoms with van der Waals surface area (Å²) in [6, 6.07) is -0.897. The van der Waals surface area contributed by atoms with Crippen LogP contribution in [0, 0.1) is 0 Å². The molecule has 0 aromatic rings. The third-order valence-corrected chi connectivity index (χ3v) is 14.2. The van der Waals surface area contributed by atoms with Crippen LogP contribution in [0.15, 0.2) is 60.8 Å². The number of allylic oxidation sites excluding steroid dienone is 9. The van der Waals surface area contributed by atoms with E-state index in [9.17, 15) is 19.0 Å². The number of phosphoric ester groups is 1. The third-order valence-electron chi connectivity index (χ3n) is 13.2. The van der Waals surface area contributed by atoms with E-state index in [1.165, 1.54) is 141 Å². The van der Waals surface area contributed by atoms with Crippen molar-refractivity contribution in [2.75, 3.05) is 40.9 Å². The van der Waals surface area contributed by atoms with Crippen molar-refractivity contribution in [3.63, 3.8) is 0 Å². The van der Waals surface area contributed by atoms with Gasteiger partial charge in [0.25, 0.3) is 7.82 Å². The smallest absolute Gasteiger partial charge is 0.306 e. The SMILES string of the molecule is CCCCC/C=C\C/C=C\C/C=C\C/C=C\CCCCCCCC(=O)NC(COP(=O)([O-])OCC[N+](C)(C)C)C(/C=C\CCCCCCCCCCCC)OC(=O)CCCCCCCCCCCCCCC. The maximum Gasteiger partial charge on any atom is 0.306 e. The standard InChI is InChI=1S/C62H115N2O7P/c1-7-10-13-16-19-22-25-28-29-30-31-32-33-34-35-37-39-42-45-48-51-54-61(65)63-59(58-70-72(67,68)69-57-56-64(4,5)6)60(53-50-47-44-41-38-27-24-21-18-15-12-9-3)71-62(66)55-52-49-46-43-40-36-26-23-20-17-14-11-8-2/h19,22,28-29,31-32,34-35,50,53,59-60H,7-18,20-21,23-27,30,33,36-49,51-52,54-58H2,1-6H3,(H-,63,65,67,68)/b22-19-,29-28-,32-31-,35-34-,53-50-. The summed E-state index contributed by atoms with van der Waals surface area (Å²) >= 11 is 0. The van der Waals surface area contributed by atoms with E-state index in [4.69, 9.17) is 13.8 Å². The molecule has 10 heteroatoms. The Morgan fingerprint density at radius 3 is 1.29 bits per heavy atom. The van der Waals surface area contributed by atoms with Gasteiger partial charge in [0.15, 0.2) is 0 Å². The second-order valence-corrected chi connectivity index (χ2v) is 22.9. The molecule has 0 bridgehead atoms. The van der Waals surface area contributed by atoms with E-state index in [-0.39, 0.29) is 24.9 Å². The van der Waals surface area contributed by atoms with Gasteiger partial charge in [-0.15, -0.1) is 0 Å². The van der Waals surface area contributed by atoms with Gasteiger partial charge >= 0.3 is 5.97 Å². The van der Waals surface area contributed by atoms with Gasteiger partial charge in [0, 0.05) is 12.8 Å². The van der Waals surface area contributed by atoms with Crippen LogP contribution >= 0.6 is 7.82 Å². The number of carbonyl (C=O) groups excluding carboxylic acids is 2. The first-order chi connectivity index (χ1) is 34.9. The summed E-state index contributed by atoms with van der Waals surface area (Å²) in [7, 11) is 1.17. The fraction of sp³-hybridized carbons (Fsp3) is 0.806. The molecule has 72 heavy (non-hydrogen) atoms. The van der Waals surface area contributed by atoms with Crippen LogP contribution in [0.4, 0.5) is 0 Å². The lowest BCUT2D eigenvalue weighted by Gasteiger charge is -2.30. The number of likely N-dealkylation sites (N-methyl/N-ethyl adjacent to an activating group) is 1. The molecule has 0 aromatic heterocycles. The largest absolute Gasteiger partial charge is 0.756 e. The molecule has 9 nitrogen and oxygen atoms in total. The van der Waals surface area contributed by atoms with E-state index >= 15 is 0 Å². The van der Waals surface area contributed by atoms with Crippen molar-refractivity contribution in [1.82, 2.24) is 5.32 Å². The lowest BCUT2D eigenvalue weighted by Crippen LogP contribution is -2.47. The van der Waals surface area contributed by atoms with Gasteiger partial charge in [-0.25, -0.2) is 0 Å². The molecular weight excluding hydrogens is 916 g/mol. The highest BCUT2D eigenvalue weighted by Gasteiger charge is 2.27. The van der Waals surface area contributed by atoms with Gasteiger partial charge in [0.05, 0.1) is 33.8 Å². The number of ether oxygens (including phenoxy) is 1. The number of nitrogens with zero attached hydrogens (tertiary/aromatic N) is 1. The van der Waals surface area contributed by atoms with Crippen LogP contribution in [0.1, 0.15) is 271 Å². The topological polar surface area (TPSA) is 114 Å². The number of rotatable bonds is 54. The molecule has 0 fully saturated rings. The summed E-state index contributed by atoms with van der Waals surface area (Å²) in [5.41, 5.74) is 0. The van der Waals surface area contributed by atoms with Gasteiger partial charge in [-0.3, -0.25) is 14.2 Å². The molecule has 0 saturated heterocycles. The molecule has 0 aliphatic heterocycles. The molecule has 0 spiro atoms. The number of unbranched alkanes of at least 4 members (excludes halogenated alkanes) is 30. The molecular formula is C62H115N2O7P. The minimum absolute atomic E-state index is 0.0266. The Balaban J connectivity index is 5.29. The van der Waals surface area contributed by atoms with Gasteiger partial charge < -0.3 is 28.5 Å². The van der Waals surface area contributed by atoms with Crippen LogP contribution in [-0.4, -0.2) is 69.4 Å². The normalized spacial score (nSPS) is 14.2. The second kappa shape index (κ2) is 52.2. The first-order valence-corrected chi connectivity index (χ1v) is 31.6. The average Bonchev–Trinajstić information content (AvgIpc) is 3.34. The van der Waals surface area contributed by atoms with Crippen LogP contribution in [-0.2, 0) is 27.9 Å². The highest BCUT2D eigenvalue weighted by molar-refractivity contribution is 7.45. The molecule has 1 N–H and O–H groups in total. The molecule has 1 amide bonds. The molecule has 0 heterocycles. The van der Waals surface area contributed by atoms with Crippen molar-refractivity contribution in [2.45, 2.75) is 283 Å². The van der Waals surface area contributed by atoms with E-state index in [0.29, 0.717) is 17.4 Å². The molecule has 3 unspecified atom stereocenters. The fourth-order valence-corrected chi connectivity index (χ4v) is 9.23. The number of esters is 1. The predicted molar refractivity (Wildman–Crippen MR) is 307 cm³/mol. The fourth-order valence-electron chi connectivity index (χ4n) is 8.51. The number of hydrogen-bond donors (Lipinski definition) is 1. The lowest BCUT2D eigenvalue weighted by molar-refractivity contribution is -0.870. The predicted octanol–water partition coefficient (Wildman–Crippen LogP) is 17.6. The van der Waals surface area contributed by atoms with Gasteiger partial charge in [0.2, 0.25) is 5.91 Å². The number of carbonyl (C=O) groups is 2.